The van der Waals surface area contributed by atoms with Crippen molar-refractivity contribution in [2.45, 2.75) is 25.9 Å². The third-order valence-electron chi connectivity index (χ3n) is 1.78. The number of aliphatic hydroxyl groups is 1. The molecule has 0 saturated heterocycles. The number of methoxy groups -OCH3 is 1. The van der Waals surface area contributed by atoms with Crippen molar-refractivity contribution in [3.05, 3.63) is 0 Å². The number of carbonyl (C=O) groups is 1. The van der Waals surface area contributed by atoms with Crippen LogP contribution in [0.3, 0.4) is 0 Å². The first-order valence-electron chi connectivity index (χ1n) is 5.24. The highest BCUT2D eigenvalue weighted by molar-refractivity contribution is 5.69. The highest BCUT2D eigenvalue weighted by Gasteiger charge is 2.03. The van der Waals surface area contributed by atoms with Gasteiger partial charge in [0.05, 0.1) is 19.3 Å². The Labute approximate surface area is 90.8 Å². The fourth-order valence-corrected chi connectivity index (χ4v) is 1.11. The van der Waals surface area contributed by atoms with Crippen molar-refractivity contribution in [2.75, 3.05) is 33.4 Å². The van der Waals surface area contributed by atoms with E-state index in [1.165, 1.54) is 0 Å². The molecule has 0 spiro atoms. The Morgan fingerprint density at radius 2 is 2.27 bits per heavy atom. The standard InChI is InChI=1S/C10H21NO4/c1-3-15-10(13)5-4-6-11-7-9(12)8-14-2/h9,11-12H,3-8H2,1-2H3. The van der Waals surface area contributed by atoms with Crippen molar-refractivity contribution in [2.24, 2.45) is 0 Å². The van der Waals surface area contributed by atoms with E-state index >= 15 is 0 Å². The number of hydrogen-bond acceptors (Lipinski definition) is 5. The molecule has 0 aromatic rings. The molecule has 0 fully saturated rings. The number of ether oxygens (including phenoxy) is 2. The second kappa shape index (κ2) is 9.89. The molecule has 90 valence electrons. The van der Waals surface area contributed by atoms with Crippen molar-refractivity contribution >= 4 is 5.97 Å². The van der Waals surface area contributed by atoms with Crippen LogP contribution in [0.15, 0.2) is 0 Å². The number of carbonyl (C=O) groups excluding carboxylic acids is 1. The van der Waals surface area contributed by atoms with Gasteiger partial charge in [0, 0.05) is 20.1 Å². The van der Waals surface area contributed by atoms with Gasteiger partial charge in [0.25, 0.3) is 0 Å². The molecule has 1 unspecified atom stereocenters. The number of hydrogen-bond donors (Lipinski definition) is 2. The fraction of sp³-hybridized carbons (Fsp3) is 0.900. The Hall–Kier alpha value is -0.650. The lowest BCUT2D eigenvalue weighted by Crippen LogP contribution is -2.30. The topological polar surface area (TPSA) is 67.8 Å². The van der Waals surface area contributed by atoms with Crippen molar-refractivity contribution in [3.63, 3.8) is 0 Å². The summed E-state index contributed by atoms with van der Waals surface area (Å²) in [4.78, 5) is 10.9. The fourth-order valence-electron chi connectivity index (χ4n) is 1.11. The summed E-state index contributed by atoms with van der Waals surface area (Å²) in [5.74, 6) is -0.170. The third-order valence-corrected chi connectivity index (χ3v) is 1.78. The minimum absolute atomic E-state index is 0.170. The quantitative estimate of drug-likeness (QED) is 0.419. The van der Waals surface area contributed by atoms with Gasteiger partial charge in [-0.1, -0.05) is 0 Å². The van der Waals surface area contributed by atoms with Gasteiger partial charge in [0.1, 0.15) is 0 Å². The Kier molecular flexibility index (Phi) is 9.46. The predicted octanol–water partition coefficient (Wildman–Crippen LogP) is -0.0734. The first kappa shape index (κ1) is 14.3. The minimum Gasteiger partial charge on any atom is -0.466 e. The van der Waals surface area contributed by atoms with E-state index < -0.39 is 6.10 Å². The highest BCUT2D eigenvalue weighted by Crippen LogP contribution is 1.91. The van der Waals surface area contributed by atoms with Crippen molar-refractivity contribution in [1.82, 2.24) is 5.32 Å². The highest BCUT2D eigenvalue weighted by atomic mass is 16.5. The van der Waals surface area contributed by atoms with Gasteiger partial charge in [-0.3, -0.25) is 4.79 Å². The Bertz CT molecular complexity index is 164. The Morgan fingerprint density at radius 1 is 1.53 bits per heavy atom. The smallest absolute Gasteiger partial charge is 0.305 e. The molecule has 0 aliphatic heterocycles. The summed E-state index contributed by atoms with van der Waals surface area (Å²) in [6, 6.07) is 0. The van der Waals surface area contributed by atoms with E-state index in [4.69, 9.17) is 9.47 Å². The summed E-state index contributed by atoms with van der Waals surface area (Å²) in [6.45, 7) is 3.72. The molecule has 0 aromatic carbocycles. The van der Waals surface area contributed by atoms with Crippen LogP contribution in [-0.4, -0.2) is 50.6 Å². The summed E-state index contributed by atoms with van der Waals surface area (Å²) in [5, 5.41) is 12.3. The van der Waals surface area contributed by atoms with Crippen LogP contribution in [0.25, 0.3) is 0 Å². The molecule has 15 heavy (non-hydrogen) atoms. The first-order chi connectivity index (χ1) is 7.20. The SMILES string of the molecule is CCOC(=O)CCCNCC(O)COC. The normalized spacial score (nSPS) is 12.5. The molecule has 0 aromatic heterocycles. The maximum absolute atomic E-state index is 10.9. The lowest BCUT2D eigenvalue weighted by Gasteiger charge is -2.10. The van der Waals surface area contributed by atoms with Crippen LogP contribution >= 0.6 is 0 Å². The Balaban J connectivity index is 3.20. The molecule has 5 heteroatoms. The lowest BCUT2D eigenvalue weighted by atomic mass is 10.3. The summed E-state index contributed by atoms with van der Waals surface area (Å²) in [6.07, 6.45) is 0.650. The average Bonchev–Trinajstić information content (AvgIpc) is 2.18. The van der Waals surface area contributed by atoms with Gasteiger partial charge >= 0.3 is 5.97 Å². The number of esters is 1. The molecule has 2 N–H and O–H groups in total. The summed E-state index contributed by atoms with van der Waals surface area (Å²) < 4.78 is 9.54. The van der Waals surface area contributed by atoms with Gasteiger partial charge < -0.3 is 19.9 Å². The lowest BCUT2D eigenvalue weighted by molar-refractivity contribution is -0.143. The van der Waals surface area contributed by atoms with Crippen LogP contribution in [0.5, 0.6) is 0 Å². The zero-order valence-electron chi connectivity index (χ0n) is 9.49. The minimum atomic E-state index is -0.488. The molecule has 0 aliphatic carbocycles. The van der Waals surface area contributed by atoms with Crippen molar-refractivity contribution in [1.29, 1.82) is 0 Å². The van der Waals surface area contributed by atoms with Crippen LogP contribution in [0.1, 0.15) is 19.8 Å². The van der Waals surface area contributed by atoms with Gasteiger partial charge in [0.15, 0.2) is 0 Å². The molecular formula is C10H21NO4. The molecular weight excluding hydrogens is 198 g/mol. The molecule has 0 aliphatic rings. The van der Waals surface area contributed by atoms with Crippen LogP contribution in [0, 0.1) is 0 Å². The van der Waals surface area contributed by atoms with Gasteiger partial charge in [0.2, 0.25) is 0 Å². The zero-order valence-corrected chi connectivity index (χ0v) is 9.49. The molecule has 0 heterocycles. The van der Waals surface area contributed by atoms with E-state index in [0.717, 1.165) is 6.42 Å². The second-order valence-corrected chi connectivity index (χ2v) is 3.22. The van der Waals surface area contributed by atoms with Gasteiger partial charge in [-0.15, -0.1) is 0 Å². The van der Waals surface area contributed by atoms with Crippen molar-refractivity contribution < 1.29 is 19.4 Å². The van der Waals surface area contributed by atoms with Gasteiger partial charge in [-0.2, -0.15) is 0 Å². The third kappa shape index (κ3) is 9.65. The average molecular weight is 219 g/mol. The number of aliphatic hydroxyl groups excluding tert-OH is 1. The molecule has 0 amide bonds. The zero-order chi connectivity index (χ0) is 11.5. The van der Waals surface area contributed by atoms with Gasteiger partial charge in [-0.05, 0) is 19.9 Å². The maximum Gasteiger partial charge on any atom is 0.305 e. The largest absolute Gasteiger partial charge is 0.466 e. The molecule has 0 bridgehead atoms. The van der Waals surface area contributed by atoms with Crippen LogP contribution in [0.4, 0.5) is 0 Å². The van der Waals surface area contributed by atoms with E-state index in [-0.39, 0.29) is 5.97 Å². The summed E-state index contributed by atoms with van der Waals surface area (Å²) >= 11 is 0. The molecule has 1 atom stereocenters. The van der Waals surface area contributed by atoms with E-state index in [2.05, 4.69) is 5.32 Å². The second-order valence-electron chi connectivity index (χ2n) is 3.22. The number of rotatable bonds is 9. The van der Waals surface area contributed by atoms with Gasteiger partial charge in [-0.25, -0.2) is 0 Å². The summed E-state index contributed by atoms with van der Waals surface area (Å²) in [5.41, 5.74) is 0. The monoisotopic (exact) mass is 219 g/mol. The van der Waals surface area contributed by atoms with E-state index in [0.29, 0.717) is 32.7 Å². The molecule has 0 radical (unpaired) electrons. The first-order valence-corrected chi connectivity index (χ1v) is 5.24. The van der Waals surface area contributed by atoms with Crippen LogP contribution in [-0.2, 0) is 14.3 Å². The van der Waals surface area contributed by atoms with Crippen molar-refractivity contribution in [3.8, 4) is 0 Å². The maximum atomic E-state index is 10.9. The molecule has 0 rings (SSSR count). The molecule has 0 saturated carbocycles. The van der Waals surface area contributed by atoms with E-state index in [1.54, 1.807) is 14.0 Å². The van der Waals surface area contributed by atoms with Crippen LogP contribution in [0.2, 0.25) is 0 Å². The van der Waals surface area contributed by atoms with E-state index in [1.807, 2.05) is 0 Å². The number of nitrogens with one attached hydrogen (secondary N) is 1. The Morgan fingerprint density at radius 3 is 2.87 bits per heavy atom. The molecule has 5 nitrogen and oxygen atoms in total. The van der Waals surface area contributed by atoms with Crippen LogP contribution < -0.4 is 5.32 Å². The predicted molar refractivity (Wildman–Crippen MR) is 56.6 cm³/mol. The van der Waals surface area contributed by atoms with E-state index in [9.17, 15) is 9.90 Å². The summed E-state index contributed by atoms with van der Waals surface area (Å²) in [7, 11) is 1.55.